The normalized spacial score (nSPS) is 11.3. The number of nitrogens with two attached hydrogens (primary N) is 1. The minimum absolute atomic E-state index is 0.525. The molecule has 0 unspecified atom stereocenters. The van der Waals surface area contributed by atoms with Gasteiger partial charge in [-0.1, -0.05) is 30.0 Å². The van der Waals surface area contributed by atoms with Crippen molar-refractivity contribution in [1.82, 2.24) is 30.2 Å². The molecule has 0 fully saturated rings. The van der Waals surface area contributed by atoms with Gasteiger partial charge in [0.2, 0.25) is 0 Å². The molecule has 0 radical (unpaired) electrons. The Morgan fingerprint density at radius 1 is 1.16 bits per heavy atom. The summed E-state index contributed by atoms with van der Waals surface area (Å²) in [5.41, 5.74) is 8.21. The number of anilines is 1. The molecule has 0 aliphatic heterocycles. The molecule has 0 saturated heterocycles. The average molecular weight is 369 g/mol. The lowest BCUT2D eigenvalue weighted by Gasteiger charge is -2.05. The van der Waals surface area contributed by atoms with Crippen LogP contribution in [-0.2, 0) is 5.75 Å². The van der Waals surface area contributed by atoms with Gasteiger partial charge in [0.25, 0.3) is 0 Å². The highest BCUT2D eigenvalue weighted by Crippen LogP contribution is 2.33. The van der Waals surface area contributed by atoms with Crippen molar-refractivity contribution in [3.63, 3.8) is 0 Å². The molecule has 4 rings (SSSR count). The second-order valence-corrected chi connectivity index (χ2v) is 7.63. The maximum atomic E-state index is 6.14. The van der Waals surface area contributed by atoms with Gasteiger partial charge in [0.15, 0.2) is 11.0 Å². The van der Waals surface area contributed by atoms with Crippen LogP contribution in [-0.4, -0.2) is 30.2 Å². The van der Waals surface area contributed by atoms with Crippen molar-refractivity contribution >= 4 is 39.1 Å². The molecule has 2 N–H and O–H groups in total. The van der Waals surface area contributed by atoms with E-state index in [2.05, 4.69) is 39.3 Å². The van der Waals surface area contributed by atoms with E-state index in [1.165, 1.54) is 16.6 Å². The van der Waals surface area contributed by atoms with Gasteiger partial charge in [-0.05, 0) is 42.0 Å². The Balaban J connectivity index is 1.61. The van der Waals surface area contributed by atoms with Crippen LogP contribution >= 0.6 is 23.1 Å². The smallest absolute Gasteiger partial charge is 0.191 e. The van der Waals surface area contributed by atoms with Gasteiger partial charge in [0.1, 0.15) is 10.6 Å². The third-order valence-corrected chi connectivity index (χ3v) is 5.85. The molecule has 0 spiro atoms. The molecule has 3 aromatic heterocycles. The van der Waals surface area contributed by atoms with Crippen LogP contribution in [0, 0.1) is 13.8 Å². The Kier molecular flexibility index (Phi) is 4.10. The largest absolute Gasteiger partial charge is 0.383 e. The summed E-state index contributed by atoms with van der Waals surface area (Å²) in [6, 6.07) is 9.78. The summed E-state index contributed by atoms with van der Waals surface area (Å²) >= 11 is 3.11. The molecule has 4 aromatic rings. The van der Waals surface area contributed by atoms with Crippen LogP contribution in [0.1, 0.15) is 16.3 Å². The minimum Gasteiger partial charge on any atom is -0.383 e. The monoisotopic (exact) mass is 369 g/mol. The van der Waals surface area contributed by atoms with Gasteiger partial charge < -0.3 is 5.73 Å². The third kappa shape index (κ3) is 2.96. The van der Waals surface area contributed by atoms with Crippen molar-refractivity contribution in [2.24, 2.45) is 0 Å². The molecular formula is C16H15N7S2. The zero-order valence-corrected chi connectivity index (χ0v) is 15.3. The standard InChI is InChI=1S/C16H15N7S2/c1-9-10(2)25-15-13(9)14(17)18-16(19-15)24-8-12-20-21-22-23(12)11-6-4-3-5-7-11/h3-7H,8H2,1-2H3,(H2,17,18,19). The Bertz CT molecular complexity index is 1040. The lowest BCUT2D eigenvalue weighted by Crippen LogP contribution is -2.02. The Labute approximate surface area is 152 Å². The second-order valence-electron chi connectivity index (χ2n) is 5.49. The molecule has 3 heterocycles. The number of para-hydroxylation sites is 1. The van der Waals surface area contributed by atoms with Crippen LogP contribution in [0.5, 0.6) is 0 Å². The van der Waals surface area contributed by atoms with Crippen molar-refractivity contribution in [2.45, 2.75) is 24.8 Å². The zero-order valence-electron chi connectivity index (χ0n) is 13.7. The maximum absolute atomic E-state index is 6.14. The number of hydrogen-bond acceptors (Lipinski definition) is 8. The lowest BCUT2D eigenvalue weighted by molar-refractivity contribution is 0.777. The van der Waals surface area contributed by atoms with E-state index >= 15 is 0 Å². The molecule has 0 amide bonds. The van der Waals surface area contributed by atoms with Crippen LogP contribution < -0.4 is 5.73 Å². The van der Waals surface area contributed by atoms with E-state index < -0.39 is 0 Å². The van der Waals surface area contributed by atoms with Crippen molar-refractivity contribution in [3.05, 3.63) is 46.6 Å². The Hall–Kier alpha value is -2.52. The predicted octanol–water partition coefficient (Wildman–Crippen LogP) is 3.16. The van der Waals surface area contributed by atoms with E-state index in [0.717, 1.165) is 27.3 Å². The number of nitrogens with zero attached hydrogens (tertiary/aromatic N) is 6. The van der Waals surface area contributed by atoms with Crippen molar-refractivity contribution in [2.75, 3.05) is 5.73 Å². The van der Waals surface area contributed by atoms with Gasteiger partial charge in [0.05, 0.1) is 16.8 Å². The highest BCUT2D eigenvalue weighted by atomic mass is 32.2. The minimum atomic E-state index is 0.525. The molecule has 126 valence electrons. The summed E-state index contributed by atoms with van der Waals surface area (Å²) in [7, 11) is 0. The lowest BCUT2D eigenvalue weighted by atomic mass is 10.2. The number of aryl methyl sites for hydroxylation is 2. The van der Waals surface area contributed by atoms with E-state index in [1.54, 1.807) is 16.0 Å². The molecule has 7 nitrogen and oxygen atoms in total. The number of nitrogen functional groups attached to an aromatic ring is 1. The highest BCUT2D eigenvalue weighted by Gasteiger charge is 2.14. The van der Waals surface area contributed by atoms with E-state index in [1.807, 2.05) is 30.3 Å². The summed E-state index contributed by atoms with van der Waals surface area (Å²) in [6.07, 6.45) is 0. The van der Waals surface area contributed by atoms with E-state index in [9.17, 15) is 0 Å². The first-order valence-electron chi connectivity index (χ1n) is 7.62. The SMILES string of the molecule is Cc1sc2nc(SCc3nnnn3-c3ccccc3)nc(N)c2c1C. The molecule has 0 aliphatic rings. The van der Waals surface area contributed by atoms with Gasteiger partial charge in [0, 0.05) is 4.88 Å². The molecule has 0 atom stereocenters. The van der Waals surface area contributed by atoms with Gasteiger partial charge in [-0.2, -0.15) is 4.68 Å². The zero-order chi connectivity index (χ0) is 17.4. The number of rotatable bonds is 4. The van der Waals surface area contributed by atoms with Gasteiger partial charge >= 0.3 is 0 Å². The average Bonchev–Trinajstić information content (AvgIpc) is 3.19. The first kappa shape index (κ1) is 16.0. The number of aromatic nitrogens is 6. The quantitative estimate of drug-likeness (QED) is 0.436. The predicted molar refractivity (Wildman–Crippen MR) is 100 cm³/mol. The fourth-order valence-electron chi connectivity index (χ4n) is 2.52. The topological polar surface area (TPSA) is 95.4 Å². The second kappa shape index (κ2) is 6.41. The number of benzene rings is 1. The number of tetrazole rings is 1. The maximum Gasteiger partial charge on any atom is 0.191 e. The van der Waals surface area contributed by atoms with E-state index in [4.69, 9.17) is 5.73 Å². The number of fused-ring (bicyclic) bond motifs is 1. The summed E-state index contributed by atoms with van der Waals surface area (Å²) in [5, 5.41) is 13.5. The molecule has 9 heteroatoms. The first-order chi connectivity index (χ1) is 12.1. The van der Waals surface area contributed by atoms with Crippen LogP contribution in [0.4, 0.5) is 5.82 Å². The fraction of sp³-hybridized carbons (Fsp3) is 0.188. The summed E-state index contributed by atoms with van der Waals surface area (Å²) < 4.78 is 1.72. The van der Waals surface area contributed by atoms with Crippen molar-refractivity contribution in [3.8, 4) is 5.69 Å². The van der Waals surface area contributed by atoms with Gasteiger partial charge in [-0.25, -0.2) is 9.97 Å². The van der Waals surface area contributed by atoms with Crippen LogP contribution in [0.15, 0.2) is 35.5 Å². The summed E-state index contributed by atoms with van der Waals surface area (Å²) in [5.74, 6) is 1.81. The molecule has 0 saturated carbocycles. The third-order valence-electron chi connectivity index (χ3n) is 3.90. The molecular weight excluding hydrogens is 354 g/mol. The van der Waals surface area contributed by atoms with Crippen molar-refractivity contribution in [1.29, 1.82) is 0 Å². The number of thiophene rings is 1. The fourth-order valence-corrected chi connectivity index (χ4v) is 4.37. The number of thioether (sulfide) groups is 1. The molecule has 0 aliphatic carbocycles. The Morgan fingerprint density at radius 2 is 1.96 bits per heavy atom. The van der Waals surface area contributed by atoms with Gasteiger partial charge in [-0.15, -0.1) is 16.4 Å². The molecule has 0 bridgehead atoms. The highest BCUT2D eigenvalue weighted by molar-refractivity contribution is 7.98. The first-order valence-corrected chi connectivity index (χ1v) is 9.42. The summed E-state index contributed by atoms with van der Waals surface area (Å²) in [6.45, 7) is 4.12. The Morgan fingerprint density at radius 3 is 2.76 bits per heavy atom. The van der Waals surface area contributed by atoms with E-state index in [-0.39, 0.29) is 0 Å². The van der Waals surface area contributed by atoms with Crippen molar-refractivity contribution < 1.29 is 0 Å². The van der Waals surface area contributed by atoms with Gasteiger partial charge in [-0.3, -0.25) is 0 Å². The van der Waals surface area contributed by atoms with E-state index in [0.29, 0.717) is 16.7 Å². The van der Waals surface area contributed by atoms with Crippen LogP contribution in [0.2, 0.25) is 0 Å². The van der Waals surface area contributed by atoms with Crippen LogP contribution in [0.25, 0.3) is 15.9 Å². The van der Waals surface area contributed by atoms with Crippen LogP contribution in [0.3, 0.4) is 0 Å². The number of hydrogen-bond donors (Lipinski definition) is 1. The molecule has 1 aromatic carbocycles. The summed E-state index contributed by atoms with van der Waals surface area (Å²) in [4.78, 5) is 11.2. The molecule has 25 heavy (non-hydrogen) atoms.